The predicted molar refractivity (Wildman–Crippen MR) is 77.4 cm³/mol. The molecule has 0 aliphatic carbocycles. The molecule has 2 fully saturated rings. The number of anilines is 1. The molecule has 2 unspecified atom stereocenters. The molecule has 3 rings (SSSR count). The molecule has 0 radical (unpaired) electrons. The number of halogens is 1. The number of likely N-dealkylation sites (N-methyl/N-ethyl adjacent to an activating group) is 1. The first kappa shape index (κ1) is 13.7. The van der Waals surface area contributed by atoms with E-state index in [2.05, 4.69) is 26.7 Å². The van der Waals surface area contributed by atoms with Gasteiger partial charge in [0.15, 0.2) is 11.6 Å². The Balaban J connectivity index is 1.93. The number of nitrogens with zero attached hydrogens (tertiary/aromatic N) is 4. The van der Waals surface area contributed by atoms with Crippen molar-refractivity contribution in [2.75, 3.05) is 24.5 Å². The normalized spacial score (nSPS) is 26.9. The maximum atomic E-state index is 14.6. The molecule has 110 valence electrons. The lowest BCUT2D eigenvalue weighted by Crippen LogP contribution is -2.40. The second-order valence-electron chi connectivity index (χ2n) is 5.79. The van der Waals surface area contributed by atoms with Gasteiger partial charge in [-0.2, -0.15) is 0 Å². The average molecular weight is 278 g/mol. The fraction of sp³-hybridized carbons (Fsp3) is 0.733. The van der Waals surface area contributed by atoms with Crippen LogP contribution in [0.2, 0.25) is 0 Å². The minimum atomic E-state index is -0.211. The van der Waals surface area contributed by atoms with Crippen LogP contribution in [0.25, 0.3) is 0 Å². The van der Waals surface area contributed by atoms with Crippen LogP contribution in [0.3, 0.4) is 0 Å². The largest absolute Gasteiger partial charge is 0.347 e. The van der Waals surface area contributed by atoms with Crippen LogP contribution in [0.5, 0.6) is 0 Å². The van der Waals surface area contributed by atoms with Crippen LogP contribution in [0.15, 0.2) is 6.33 Å². The highest BCUT2D eigenvalue weighted by atomic mass is 19.1. The number of hydrogen-bond donors (Lipinski definition) is 0. The molecule has 1 aromatic rings. The van der Waals surface area contributed by atoms with Gasteiger partial charge >= 0.3 is 0 Å². The molecule has 2 saturated heterocycles. The molecule has 2 atom stereocenters. The van der Waals surface area contributed by atoms with Crippen LogP contribution in [0, 0.1) is 5.82 Å². The van der Waals surface area contributed by atoms with E-state index in [-0.39, 0.29) is 5.82 Å². The van der Waals surface area contributed by atoms with Crippen molar-refractivity contribution < 1.29 is 4.39 Å². The third kappa shape index (κ3) is 2.28. The number of rotatable bonds is 3. The SMILES string of the molecule is CCc1ncnc(N2C3CCC2CN(CC)CC3)c1F. The fourth-order valence-electron chi connectivity index (χ4n) is 3.60. The predicted octanol–water partition coefficient (Wildman–Crippen LogP) is 2.24. The monoisotopic (exact) mass is 278 g/mol. The molecular formula is C15H23FN4. The van der Waals surface area contributed by atoms with E-state index in [1.54, 1.807) is 0 Å². The molecule has 0 saturated carbocycles. The van der Waals surface area contributed by atoms with Crippen molar-refractivity contribution in [1.82, 2.24) is 14.9 Å². The zero-order valence-electron chi connectivity index (χ0n) is 12.3. The van der Waals surface area contributed by atoms with Gasteiger partial charge in [0.2, 0.25) is 0 Å². The van der Waals surface area contributed by atoms with Crippen LogP contribution in [-0.2, 0) is 6.42 Å². The molecule has 20 heavy (non-hydrogen) atoms. The summed E-state index contributed by atoms with van der Waals surface area (Å²) >= 11 is 0. The molecule has 2 aliphatic rings. The van der Waals surface area contributed by atoms with Gasteiger partial charge in [-0.15, -0.1) is 0 Å². The van der Waals surface area contributed by atoms with Crippen molar-refractivity contribution in [2.45, 2.75) is 51.6 Å². The van der Waals surface area contributed by atoms with Gasteiger partial charge in [-0.1, -0.05) is 13.8 Å². The van der Waals surface area contributed by atoms with Gasteiger partial charge in [-0.05, 0) is 32.2 Å². The Morgan fingerprint density at radius 2 is 2.00 bits per heavy atom. The summed E-state index contributed by atoms with van der Waals surface area (Å²) in [6.45, 7) is 7.35. The maximum Gasteiger partial charge on any atom is 0.187 e. The third-order valence-corrected chi connectivity index (χ3v) is 4.74. The second-order valence-corrected chi connectivity index (χ2v) is 5.79. The van der Waals surface area contributed by atoms with Crippen molar-refractivity contribution in [2.24, 2.45) is 0 Å². The minimum Gasteiger partial charge on any atom is -0.347 e. The Labute approximate surface area is 120 Å². The van der Waals surface area contributed by atoms with Crippen LogP contribution >= 0.6 is 0 Å². The Kier molecular flexibility index (Phi) is 3.87. The first-order valence-corrected chi connectivity index (χ1v) is 7.74. The van der Waals surface area contributed by atoms with Crippen molar-refractivity contribution in [1.29, 1.82) is 0 Å². The molecule has 1 aromatic heterocycles. The van der Waals surface area contributed by atoms with Gasteiger partial charge in [-0.3, -0.25) is 0 Å². The number of hydrogen-bond acceptors (Lipinski definition) is 4. The Bertz CT molecular complexity index is 479. The molecule has 0 N–H and O–H groups in total. The summed E-state index contributed by atoms with van der Waals surface area (Å²) in [5.41, 5.74) is 0.533. The minimum absolute atomic E-state index is 0.211. The lowest BCUT2D eigenvalue weighted by atomic mass is 10.1. The van der Waals surface area contributed by atoms with Crippen molar-refractivity contribution in [3.8, 4) is 0 Å². The molecule has 4 nitrogen and oxygen atoms in total. The van der Waals surface area contributed by atoms with Gasteiger partial charge in [-0.25, -0.2) is 14.4 Å². The summed E-state index contributed by atoms with van der Waals surface area (Å²) in [6, 6.07) is 0.835. The molecule has 0 aromatic carbocycles. The topological polar surface area (TPSA) is 32.3 Å². The van der Waals surface area contributed by atoms with E-state index < -0.39 is 0 Å². The van der Waals surface area contributed by atoms with Crippen molar-refractivity contribution >= 4 is 5.82 Å². The van der Waals surface area contributed by atoms with Crippen LogP contribution in [0.1, 0.15) is 38.8 Å². The molecule has 3 heterocycles. The number of likely N-dealkylation sites (tertiary alicyclic amines) is 1. The highest BCUT2D eigenvalue weighted by molar-refractivity contribution is 5.45. The van der Waals surface area contributed by atoms with Gasteiger partial charge in [0.05, 0.1) is 5.69 Å². The van der Waals surface area contributed by atoms with Gasteiger partial charge in [0.25, 0.3) is 0 Å². The van der Waals surface area contributed by atoms with Gasteiger partial charge in [0, 0.05) is 25.2 Å². The highest BCUT2D eigenvalue weighted by Gasteiger charge is 2.39. The van der Waals surface area contributed by atoms with Gasteiger partial charge in [0.1, 0.15) is 6.33 Å². The van der Waals surface area contributed by atoms with E-state index in [1.165, 1.54) is 6.33 Å². The number of fused-ring (bicyclic) bond motifs is 2. The zero-order chi connectivity index (χ0) is 14.1. The fourth-order valence-corrected chi connectivity index (χ4v) is 3.60. The van der Waals surface area contributed by atoms with Crippen LogP contribution < -0.4 is 4.90 Å². The Morgan fingerprint density at radius 1 is 1.20 bits per heavy atom. The third-order valence-electron chi connectivity index (χ3n) is 4.74. The molecule has 5 heteroatoms. The van der Waals surface area contributed by atoms with Crippen LogP contribution in [-0.4, -0.2) is 46.6 Å². The summed E-state index contributed by atoms with van der Waals surface area (Å²) in [5, 5.41) is 0. The first-order valence-electron chi connectivity index (χ1n) is 7.74. The van der Waals surface area contributed by atoms with E-state index in [4.69, 9.17) is 0 Å². The van der Waals surface area contributed by atoms with Crippen LogP contribution in [0.4, 0.5) is 10.2 Å². The van der Waals surface area contributed by atoms with Gasteiger partial charge < -0.3 is 9.80 Å². The van der Waals surface area contributed by atoms with E-state index >= 15 is 0 Å². The second kappa shape index (κ2) is 5.64. The molecular weight excluding hydrogens is 255 g/mol. The standard InChI is InChI=1S/C15H23FN4/c1-3-13-14(16)15(18-10-17-13)20-11-5-6-12(20)9-19(4-2)8-7-11/h10-12H,3-9H2,1-2H3. The van der Waals surface area contributed by atoms with E-state index in [0.29, 0.717) is 30.0 Å². The molecule has 2 aliphatic heterocycles. The zero-order valence-corrected chi connectivity index (χ0v) is 12.3. The molecule has 2 bridgehead atoms. The number of aryl methyl sites for hydroxylation is 1. The van der Waals surface area contributed by atoms with Crippen molar-refractivity contribution in [3.63, 3.8) is 0 Å². The van der Waals surface area contributed by atoms with E-state index in [0.717, 1.165) is 38.9 Å². The summed E-state index contributed by atoms with van der Waals surface area (Å²) < 4.78 is 14.6. The highest BCUT2D eigenvalue weighted by Crippen LogP contribution is 2.35. The summed E-state index contributed by atoms with van der Waals surface area (Å²) in [4.78, 5) is 13.0. The first-order chi connectivity index (χ1) is 9.74. The smallest absolute Gasteiger partial charge is 0.187 e. The summed E-state index contributed by atoms with van der Waals surface area (Å²) in [5.74, 6) is 0.319. The Morgan fingerprint density at radius 3 is 2.75 bits per heavy atom. The molecule has 0 amide bonds. The van der Waals surface area contributed by atoms with Crippen molar-refractivity contribution in [3.05, 3.63) is 17.8 Å². The maximum absolute atomic E-state index is 14.6. The average Bonchev–Trinajstić information content (AvgIpc) is 2.74. The lowest BCUT2D eigenvalue weighted by Gasteiger charge is -2.30. The van der Waals surface area contributed by atoms with E-state index in [9.17, 15) is 4.39 Å². The lowest BCUT2D eigenvalue weighted by molar-refractivity contribution is 0.273. The summed E-state index contributed by atoms with van der Waals surface area (Å²) in [6.07, 6.45) is 5.54. The quantitative estimate of drug-likeness (QED) is 0.849. The number of aromatic nitrogens is 2. The summed E-state index contributed by atoms with van der Waals surface area (Å²) in [7, 11) is 0. The Hall–Kier alpha value is -1.23. The molecule has 0 spiro atoms. The van der Waals surface area contributed by atoms with E-state index in [1.807, 2.05) is 6.92 Å².